The van der Waals surface area contributed by atoms with Crippen LogP contribution in [0, 0.1) is 23.7 Å². The van der Waals surface area contributed by atoms with E-state index in [4.69, 9.17) is 9.57 Å². The van der Waals surface area contributed by atoms with Crippen LogP contribution in [0.2, 0.25) is 0 Å². The third kappa shape index (κ3) is 6.50. The molecule has 0 atom stereocenters. The molecule has 7 aliphatic carbocycles. The number of nitrogens with one attached hydrogen (secondary N) is 1. The summed E-state index contributed by atoms with van der Waals surface area (Å²) in [5.74, 6) is -4.38. The van der Waals surface area contributed by atoms with Crippen LogP contribution >= 0.6 is 0 Å². The van der Waals surface area contributed by atoms with Crippen LogP contribution in [0.5, 0.6) is 5.75 Å². The van der Waals surface area contributed by atoms with Gasteiger partial charge >= 0.3 is 12.1 Å². The highest BCUT2D eigenvalue weighted by atomic mass is 19.4. The number of oxime groups is 1. The van der Waals surface area contributed by atoms with Gasteiger partial charge in [0.25, 0.3) is 11.8 Å². The van der Waals surface area contributed by atoms with Gasteiger partial charge in [-0.15, -0.1) is 0 Å². The number of hydrogen-bond acceptors (Lipinski definition) is 8. The van der Waals surface area contributed by atoms with Gasteiger partial charge in [-0.05, 0) is 118 Å². The van der Waals surface area contributed by atoms with E-state index in [0.717, 1.165) is 50.3 Å². The molecule has 1 spiro atoms. The molecule has 1 aliphatic heterocycles. The Morgan fingerprint density at radius 1 is 0.927 bits per heavy atom. The van der Waals surface area contributed by atoms with E-state index >= 15 is 0 Å². The predicted octanol–water partition coefficient (Wildman–Crippen LogP) is 8.35. The summed E-state index contributed by atoms with van der Waals surface area (Å²) >= 11 is 0. The molecule has 0 saturated heterocycles. The molecule has 296 valence electrons. The number of alkyl halides is 5. The molecule has 1 amide bonds. The summed E-state index contributed by atoms with van der Waals surface area (Å²) < 4.78 is 77.1. The van der Waals surface area contributed by atoms with E-state index in [1.54, 1.807) is 4.90 Å². The maximum atomic E-state index is 14.8. The number of benzene rings is 1. The summed E-state index contributed by atoms with van der Waals surface area (Å²) in [6.07, 6.45) is 5.98. The summed E-state index contributed by atoms with van der Waals surface area (Å²) in [6, 6.07) is 5.64. The van der Waals surface area contributed by atoms with Gasteiger partial charge in [-0.3, -0.25) is 4.79 Å². The van der Waals surface area contributed by atoms with E-state index in [9.17, 15) is 36.6 Å². The molecule has 7 fully saturated rings. The first-order chi connectivity index (χ1) is 26.2. The van der Waals surface area contributed by atoms with E-state index in [-0.39, 0.29) is 48.2 Å². The lowest BCUT2D eigenvalue weighted by atomic mass is 9.48. The smallest absolute Gasteiger partial charge is 0.434 e. The SMILES string of the molecule is O=C(NC1(C(=O)O)C2CC3CC(C2)CC1C3)c1cnc(N2CC3(CCCCC3)c3cc(OC4CCC(ON=C5CC(F)(F)C5)CC4)ccc32)nc1C(F)(F)F. The predicted molar refractivity (Wildman–Crippen MR) is 189 cm³/mol. The second-order valence-corrected chi connectivity index (χ2v) is 17.5. The average molecular weight is 772 g/mol. The van der Waals surface area contributed by atoms with E-state index in [2.05, 4.69) is 20.4 Å². The lowest BCUT2D eigenvalue weighted by Crippen LogP contribution is -2.70. The Hall–Kier alpha value is -4.04. The fraction of sp³-hybridized carbons (Fsp3) is 0.675. The Balaban J connectivity index is 0.948. The number of carbonyl (C=O) groups is 2. The van der Waals surface area contributed by atoms with Gasteiger partial charge in [-0.25, -0.2) is 23.5 Å². The number of aromatic nitrogens is 2. The molecule has 7 saturated carbocycles. The number of nitrogens with zero attached hydrogens (tertiary/aromatic N) is 4. The van der Waals surface area contributed by atoms with E-state index < -0.39 is 40.8 Å². The van der Waals surface area contributed by atoms with Crippen LogP contribution in [0.4, 0.5) is 33.6 Å². The summed E-state index contributed by atoms with van der Waals surface area (Å²) in [4.78, 5) is 42.3. The fourth-order valence-corrected chi connectivity index (χ4v) is 11.4. The Labute approximate surface area is 315 Å². The summed E-state index contributed by atoms with van der Waals surface area (Å²) in [6.45, 7) is 0.374. The minimum atomic E-state index is -5.00. The molecule has 0 unspecified atom stereocenters. The number of ether oxygens (including phenoxy) is 1. The zero-order valence-electron chi connectivity index (χ0n) is 30.6. The number of halogens is 5. The second-order valence-electron chi connectivity index (χ2n) is 17.5. The van der Waals surface area contributed by atoms with E-state index in [1.807, 2.05) is 18.2 Å². The maximum absolute atomic E-state index is 14.8. The van der Waals surface area contributed by atoms with Crippen molar-refractivity contribution in [3.63, 3.8) is 0 Å². The second kappa shape index (κ2) is 13.3. The van der Waals surface area contributed by atoms with Crippen molar-refractivity contribution in [2.75, 3.05) is 11.4 Å². The topological polar surface area (TPSA) is 126 Å². The van der Waals surface area contributed by atoms with Crippen molar-refractivity contribution >= 4 is 29.2 Å². The van der Waals surface area contributed by atoms with Gasteiger partial charge in [0, 0.05) is 23.8 Å². The van der Waals surface area contributed by atoms with Gasteiger partial charge in [0.15, 0.2) is 5.69 Å². The van der Waals surface area contributed by atoms with Gasteiger partial charge in [0.2, 0.25) is 5.95 Å². The largest absolute Gasteiger partial charge is 0.490 e. The molecule has 2 aromatic rings. The number of aliphatic carboxylic acids is 1. The number of rotatable bonds is 8. The molecular formula is C40H46F5N5O5. The molecule has 15 heteroatoms. The number of anilines is 2. The highest BCUT2D eigenvalue weighted by Gasteiger charge is 2.62. The quantitative estimate of drug-likeness (QED) is 0.203. The van der Waals surface area contributed by atoms with Crippen LogP contribution in [-0.2, 0) is 21.2 Å². The van der Waals surface area contributed by atoms with Crippen molar-refractivity contribution < 1.29 is 46.2 Å². The highest BCUT2D eigenvalue weighted by molar-refractivity contribution is 5.99. The molecule has 10 rings (SSSR count). The van der Waals surface area contributed by atoms with Crippen molar-refractivity contribution in [1.82, 2.24) is 15.3 Å². The van der Waals surface area contributed by atoms with Gasteiger partial charge in [-0.2, -0.15) is 13.2 Å². The van der Waals surface area contributed by atoms with Crippen molar-refractivity contribution in [2.24, 2.45) is 28.8 Å². The molecule has 2 heterocycles. The molecule has 8 aliphatic rings. The first-order valence-corrected chi connectivity index (χ1v) is 19.9. The summed E-state index contributed by atoms with van der Waals surface area (Å²) in [7, 11) is 0. The minimum absolute atomic E-state index is 0.0890. The number of amides is 1. The molecule has 2 N–H and O–H groups in total. The molecular weight excluding hydrogens is 725 g/mol. The third-order valence-electron chi connectivity index (χ3n) is 13.9. The number of carboxylic acids is 1. The zero-order chi connectivity index (χ0) is 38.3. The maximum Gasteiger partial charge on any atom is 0.434 e. The molecule has 1 aromatic carbocycles. The van der Waals surface area contributed by atoms with Gasteiger partial charge in [0.1, 0.15) is 17.4 Å². The highest BCUT2D eigenvalue weighted by Crippen LogP contribution is 2.59. The van der Waals surface area contributed by atoms with Crippen LogP contribution in [0.3, 0.4) is 0 Å². The average Bonchev–Trinajstić information content (AvgIpc) is 3.43. The first-order valence-electron chi connectivity index (χ1n) is 19.9. The van der Waals surface area contributed by atoms with Gasteiger partial charge in [0.05, 0.1) is 30.2 Å². The number of carboxylic acid groups (broad SMARTS) is 1. The van der Waals surface area contributed by atoms with Crippen molar-refractivity contribution in [3.8, 4) is 5.75 Å². The van der Waals surface area contributed by atoms with Crippen LogP contribution in [-0.4, -0.2) is 62.9 Å². The van der Waals surface area contributed by atoms with Crippen LogP contribution in [0.15, 0.2) is 29.6 Å². The Bertz CT molecular complexity index is 1850. The van der Waals surface area contributed by atoms with Crippen LogP contribution in [0.1, 0.15) is 124 Å². The number of hydrogen-bond donors (Lipinski definition) is 2. The number of carbonyl (C=O) groups excluding carboxylic acids is 1. The standard InChI is InChI=1S/C40H46F5N5O5/c41-38(42)18-26(19-38)49-55-28-6-4-27(5-7-28)54-29-8-9-32-31(17-29)37(10-2-1-3-11-37)21-50(32)36-46-20-30(33(47-36)40(43,44)45)34(51)48-39(35(52)53)24-13-22-12-23(15-24)16-25(39)14-22/h8-9,17,20,22-25,27-28H,1-7,10-16,18-19,21H2,(H,48,51)(H,52,53). The summed E-state index contributed by atoms with van der Waals surface area (Å²) in [5, 5.41) is 17.1. The van der Waals surface area contributed by atoms with Gasteiger partial charge < -0.3 is 24.9 Å². The lowest BCUT2D eigenvalue weighted by Gasteiger charge is -2.59. The molecule has 10 nitrogen and oxygen atoms in total. The van der Waals surface area contributed by atoms with Crippen LogP contribution in [0.25, 0.3) is 0 Å². The van der Waals surface area contributed by atoms with E-state index in [1.165, 1.54) is 0 Å². The van der Waals surface area contributed by atoms with Crippen molar-refractivity contribution in [2.45, 2.75) is 138 Å². The zero-order valence-corrected chi connectivity index (χ0v) is 30.6. The van der Waals surface area contributed by atoms with Crippen molar-refractivity contribution in [3.05, 3.63) is 41.2 Å². The monoisotopic (exact) mass is 771 g/mol. The lowest BCUT2D eigenvalue weighted by molar-refractivity contribution is -0.163. The van der Waals surface area contributed by atoms with Crippen molar-refractivity contribution in [1.29, 1.82) is 0 Å². The normalized spacial score (nSPS) is 32.8. The molecule has 55 heavy (non-hydrogen) atoms. The first kappa shape index (κ1) is 36.6. The third-order valence-corrected chi connectivity index (χ3v) is 13.9. The molecule has 4 bridgehead atoms. The molecule has 0 radical (unpaired) electrons. The van der Waals surface area contributed by atoms with E-state index in [0.29, 0.717) is 86.9 Å². The molecule has 1 aromatic heterocycles. The minimum Gasteiger partial charge on any atom is -0.490 e. The fourth-order valence-electron chi connectivity index (χ4n) is 11.4. The van der Waals surface area contributed by atoms with Crippen LogP contribution < -0.4 is 15.0 Å². The Kier molecular flexibility index (Phi) is 8.84. The Morgan fingerprint density at radius 3 is 2.20 bits per heavy atom. The van der Waals surface area contributed by atoms with Gasteiger partial charge in [-0.1, -0.05) is 24.4 Å². The summed E-state index contributed by atoms with van der Waals surface area (Å²) in [5.41, 5.74) is -2.08. The Morgan fingerprint density at radius 2 is 1.58 bits per heavy atom. The number of fused-ring (bicyclic) bond motifs is 2.